The summed E-state index contributed by atoms with van der Waals surface area (Å²) >= 11 is 6.15. The predicted molar refractivity (Wildman–Crippen MR) is 75.4 cm³/mol. The fourth-order valence-electron chi connectivity index (χ4n) is 2.54. The SMILES string of the molecule is COc1cc(-c2nc(N)nc3c2CCC3)c(Cl)cc1F. The molecule has 0 amide bonds. The van der Waals surface area contributed by atoms with Crippen molar-refractivity contribution in [2.24, 2.45) is 0 Å². The molecule has 1 aliphatic rings. The molecule has 0 saturated carbocycles. The van der Waals surface area contributed by atoms with Gasteiger partial charge < -0.3 is 10.5 Å². The minimum Gasteiger partial charge on any atom is -0.494 e. The van der Waals surface area contributed by atoms with Crippen LogP contribution in [0.15, 0.2) is 12.1 Å². The predicted octanol–water partition coefficient (Wildman–Crippen LogP) is 3.02. The largest absolute Gasteiger partial charge is 0.494 e. The zero-order valence-electron chi connectivity index (χ0n) is 10.9. The summed E-state index contributed by atoms with van der Waals surface area (Å²) in [6.07, 6.45) is 2.77. The maximum absolute atomic E-state index is 13.6. The molecule has 0 bridgehead atoms. The molecule has 20 heavy (non-hydrogen) atoms. The van der Waals surface area contributed by atoms with Gasteiger partial charge in [0.15, 0.2) is 11.6 Å². The summed E-state index contributed by atoms with van der Waals surface area (Å²) in [5.74, 6) is -0.159. The van der Waals surface area contributed by atoms with E-state index in [0.29, 0.717) is 11.3 Å². The maximum Gasteiger partial charge on any atom is 0.220 e. The zero-order valence-corrected chi connectivity index (χ0v) is 11.7. The Labute approximate surface area is 120 Å². The average Bonchev–Trinajstić information content (AvgIpc) is 2.86. The molecule has 2 N–H and O–H groups in total. The Bertz CT molecular complexity index is 691. The van der Waals surface area contributed by atoms with Gasteiger partial charge in [0.2, 0.25) is 5.95 Å². The number of benzene rings is 1. The molecule has 1 aliphatic carbocycles. The van der Waals surface area contributed by atoms with Crippen molar-refractivity contribution in [1.29, 1.82) is 0 Å². The summed E-state index contributed by atoms with van der Waals surface area (Å²) in [5.41, 5.74) is 9.03. The number of aromatic nitrogens is 2. The molecule has 0 unspecified atom stereocenters. The Hall–Kier alpha value is -1.88. The van der Waals surface area contributed by atoms with E-state index in [1.165, 1.54) is 13.2 Å². The molecular weight excluding hydrogens is 281 g/mol. The van der Waals surface area contributed by atoms with Crippen LogP contribution in [0, 0.1) is 5.82 Å². The van der Waals surface area contributed by atoms with E-state index in [4.69, 9.17) is 22.1 Å². The highest BCUT2D eigenvalue weighted by atomic mass is 35.5. The van der Waals surface area contributed by atoms with Crippen LogP contribution in [-0.4, -0.2) is 17.1 Å². The number of nitrogens with two attached hydrogens (primary N) is 1. The number of ether oxygens (including phenoxy) is 1. The van der Waals surface area contributed by atoms with Crippen LogP contribution in [0.25, 0.3) is 11.3 Å². The topological polar surface area (TPSA) is 61.0 Å². The maximum atomic E-state index is 13.6. The first-order chi connectivity index (χ1) is 9.60. The van der Waals surface area contributed by atoms with Crippen molar-refractivity contribution in [2.45, 2.75) is 19.3 Å². The van der Waals surface area contributed by atoms with Gasteiger partial charge >= 0.3 is 0 Å². The minimum absolute atomic E-state index is 0.133. The average molecular weight is 294 g/mol. The van der Waals surface area contributed by atoms with Crippen LogP contribution in [-0.2, 0) is 12.8 Å². The van der Waals surface area contributed by atoms with E-state index in [1.807, 2.05) is 0 Å². The molecule has 3 rings (SSSR count). The van der Waals surface area contributed by atoms with Crippen LogP contribution >= 0.6 is 11.6 Å². The van der Waals surface area contributed by atoms with Gasteiger partial charge in [0.05, 0.1) is 17.8 Å². The van der Waals surface area contributed by atoms with Crippen molar-refractivity contribution in [3.05, 3.63) is 34.2 Å². The highest BCUT2D eigenvalue weighted by Gasteiger charge is 2.22. The van der Waals surface area contributed by atoms with Gasteiger partial charge in [0.1, 0.15) is 0 Å². The number of methoxy groups -OCH3 is 1. The third-order valence-electron chi connectivity index (χ3n) is 3.45. The second-order valence-electron chi connectivity index (χ2n) is 4.68. The normalized spacial score (nSPS) is 13.3. The van der Waals surface area contributed by atoms with E-state index >= 15 is 0 Å². The molecule has 1 heterocycles. The first-order valence-electron chi connectivity index (χ1n) is 6.29. The number of hydrogen-bond donors (Lipinski definition) is 1. The van der Waals surface area contributed by atoms with Gasteiger partial charge in [-0.2, -0.15) is 0 Å². The molecule has 0 radical (unpaired) electrons. The van der Waals surface area contributed by atoms with Gasteiger partial charge in [0.25, 0.3) is 0 Å². The van der Waals surface area contributed by atoms with Crippen LogP contribution in [0.5, 0.6) is 5.75 Å². The Morgan fingerprint density at radius 3 is 2.85 bits per heavy atom. The number of rotatable bonds is 2. The summed E-state index contributed by atoms with van der Waals surface area (Å²) in [5, 5.41) is 0.288. The molecule has 0 aliphatic heterocycles. The molecule has 1 aromatic heterocycles. The first kappa shape index (κ1) is 13.1. The van der Waals surface area contributed by atoms with Gasteiger partial charge in [0, 0.05) is 16.8 Å². The number of nitrogens with zero attached hydrogens (tertiary/aromatic N) is 2. The third kappa shape index (κ3) is 2.08. The highest BCUT2D eigenvalue weighted by molar-refractivity contribution is 6.33. The highest BCUT2D eigenvalue weighted by Crippen LogP contribution is 2.37. The molecule has 0 atom stereocenters. The van der Waals surface area contributed by atoms with E-state index in [1.54, 1.807) is 6.07 Å². The van der Waals surface area contributed by atoms with Gasteiger partial charge in [-0.15, -0.1) is 0 Å². The van der Waals surface area contributed by atoms with Gasteiger partial charge in [-0.05, 0) is 31.4 Å². The second kappa shape index (κ2) is 4.90. The lowest BCUT2D eigenvalue weighted by Crippen LogP contribution is -2.03. The number of nitrogen functional groups attached to an aromatic ring is 1. The van der Waals surface area contributed by atoms with Crippen molar-refractivity contribution in [3.8, 4) is 17.0 Å². The Morgan fingerprint density at radius 1 is 1.30 bits per heavy atom. The van der Waals surface area contributed by atoms with Crippen molar-refractivity contribution in [1.82, 2.24) is 9.97 Å². The van der Waals surface area contributed by atoms with E-state index in [2.05, 4.69) is 9.97 Å². The van der Waals surface area contributed by atoms with E-state index in [9.17, 15) is 4.39 Å². The second-order valence-corrected chi connectivity index (χ2v) is 5.08. The lowest BCUT2D eigenvalue weighted by molar-refractivity contribution is 0.387. The fraction of sp³-hybridized carbons (Fsp3) is 0.286. The van der Waals surface area contributed by atoms with Crippen LogP contribution in [0.1, 0.15) is 17.7 Å². The van der Waals surface area contributed by atoms with Crippen LogP contribution in [0.4, 0.5) is 10.3 Å². The molecule has 0 spiro atoms. The fourth-order valence-corrected chi connectivity index (χ4v) is 2.78. The van der Waals surface area contributed by atoms with Crippen molar-refractivity contribution >= 4 is 17.5 Å². The van der Waals surface area contributed by atoms with Crippen LogP contribution in [0.2, 0.25) is 5.02 Å². The molecule has 0 saturated heterocycles. The zero-order chi connectivity index (χ0) is 14.3. The van der Waals surface area contributed by atoms with E-state index in [0.717, 1.165) is 30.5 Å². The number of fused-ring (bicyclic) bond motifs is 1. The van der Waals surface area contributed by atoms with Crippen molar-refractivity contribution in [2.75, 3.05) is 12.8 Å². The van der Waals surface area contributed by atoms with Crippen LogP contribution < -0.4 is 10.5 Å². The number of aryl methyl sites for hydroxylation is 1. The van der Waals surface area contributed by atoms with Gasteiger partial charge in [-0.3, -0.25) is 0 Å². The molecule has 0 fully saturated rings. The lowest BCUT2D eigenvalue weighted by Gasteiger charge is -2.12. The van der Waals surface area contributed by atoms with E-state index in [-0.39, 0.29) is 16.7 Å². The molecule has 6 heteroatoms. The molecule has 2 aromatic rings. The van der Waals surface area contributed by atoms with Gasteiger partial charge in [-0.1, -0.05) is 11.6 Å². The quantitative estimate of drug-likeness (QED) is 0.924. The summed E-state index contributed by atoms with van der Waals surface area (Å²) in [7, 11) is 1.41. The summed E-state index contributed by atoms with van der Waals surface area (Å²) in [6.45, 7) is 0. The molecule has 104 valence electrons. The Kier molecular flexibility index (Phi) is 3.22. The first-order valence-corrected chi connectivity index (χ1v) is 6.66. The summed E-state index contributed by atoms with van der Waals surface area (Å²) in [6, 6.07) is 2.79. The van der Waals surface area contributed by atoms with Gasteiger partial charge in [-0.25, -0.2) is 14.4 Å². The summed E-state index contributed by atoms with van der Waals surface area (Å²) in [4.78, 5) is 8.53. The molecule has 1 aromatic carbocycles. The Balaban J connectivity index is 2.24. The minimum atomic E-state index is -0.500. The lowest BCUT2D eigenvalue weighted by atomic mass is 10.0. The monoisotopic (exact) mass is 293 g/mol. The number of anilines is 1. The van der Waals surface area contributed by atoms with Crippen molar-refractivity contribution < 1.29 is 9.13 Å². The van der Waals surface area contributed by atoms with Crippen LogP contribution in [0.3, 0.4) is 0 Å². The standard InChI is InChI=1S/C14H13ClFN3O/c1-20-12-5-8(9(15)6-10(12)16)13-7-3-2-4-11(7)18-14(17)19-13/h5-6H,2-4H2,1H3,(H2,17,18,19). The van der Waals surface area contributed by atoms with E-state index < -0.39 is 5.82 Å². The Morgan fingerprint density at radius 2 is 2.10 bits per heavy atom. The van der Waals surface area contributed by atoms with Crippen molar-refractivity contribution in [3.63, 3.8) is 0 Å². The third-order valence-corrected chi connectivity index (χ3v) is 3.76. The number of halogens is 2. The molecular formula is C14H13ClFN3O. The smallest absolute Gasteiger partial charge is 0.220 e. The number of hydrogen-bond acceptors (Lipinski definition) is 4. The summed E-state index contributed by atoms with van der Waals surface area (Å²) < 4.78 is 18.6. The molecule has 4 nitrogen and oxygen atoms in total.